The summed E-state index contributed by atoms with van der Waals surface area (Å²) in [5, 5.41) is 5.81. The second-order valence-electron chi connectivity index (χ2n) is 9.02. The number of allylic oxidation sites excluding steroid dienone is 1. The molecule has 3 heterocycles. The van der Waals surface area contributed by atoms with E-state index < -0.39 is 12.0 Å². The van der Waals surface area contributed by atoms with Gasteiger partial charge in [0.15, 0.2) is 5.17 Å². The molecule has 0 bridgehead atoms. The van der Waals surface area contributed by atoms with E-state index >= 15 is 0 Å². The molecule has 1 aromatic rings. The Morgan fingerprint density at radius 2 is 2.03 bits per heavy atom. The summed E-state index contributed by atoms with van der Waals surface area (Å²) in [6.07, 6.45) is 3.59. The standard InChI is InChI=1S/C26H34N4O4S/c1-18-23(25(32)34-15-14-33-3)24(19-8-5-4-6-9-19)30-21(17-35-26(30)28-18)16-22(31)27-12-11-20-10-7-13-29(20)2/h4-6,8-9,17,20,24H,7,10-16H2,1-3H3,(H,27,31). The molecular formula is C26H34N4O4S. The van der Waals surface area contributed by atoms with E-state index in [9.17, 15) is 9.59 Å². The number of hydrogen-bond acceptors (Lipinski definition) is 8. The van der Waals surface area contributed by atoms with Crippen LogP contribution in [-0.4, -0.2) is 73.3 Å². The summed E-state index contributed by atoms with van der Waals surface area (Å²) in [7, 11) is 3.71. The first kappa shape index (κ1) is 25.5. The summed E-state index contributed by atoms with van der Waals surface area (Å²) in [5.74, 6) is -0.446. The molecule has 1 N–H and O–H groups in total. The number of amidine groups is 1. The summed E-state index contributed by atoms with van der Waals surface area (Å²) in [6, 6.07) is 9.94. The Morgan fingerprint density at radius 1 is 1.23 bits per heavy atom. The highest BCUT2D eigenvalue weighted by Gasteiger charge is 2.41. The second kappa shape index (κ2) is 11.9. The number of hydrogen-bond donors (Lipinski definition) is 1. The second-order valence-corrected chi connectivity index (χ2v) is 9.86. The largest absolute Gasteiger partial charge is 0.460 e. The van der Waals surface area contributed by atoms with Gasteiger partial charge in [-0.3, -0.25) is 4.79 Å². The number of carbonyl (C=O) groups excluding carboxylic acids is 2. The number of likely N-dealkylation sites (tertiary alicyclic amines) is 1. The summed E-state index contributed by atoms with van der Waals surface area (Å²) in [4.78, 5) is 35.1. The van der Waals surface area contributed by atoms with E-state index in [1.165, 1.54) is 24.6 Å². The fourth-order valence-electron chi connectivity index (χ4n) is 4.83. The maximum absolute atomic E-state index is 13.1. The number of ether oxygens (including phenoxy) is 2. The van der Waals surface area contributed by atoms with Gasteiger partial charge in [0.1, 0.15) is 6.61 Å². The molecule has 188 valence electrons. The van der Waals surface area contributed by atoms with Crippen LogP contribution < -0.4 is 5.32 Å². The number of methoxy groups -OCH3 is 1. The molecule has 4 rings (SSSR count). The Bertz CT molecular complexity index is 1020. The molecule has 2 atom stereocenters. The van der Waals surface area contributed by atoms with Crippen LogP contribution in [0.15, 0.2) is 57.7 Å². The molecule has 3 aliphatic heterocycles. The lowest BCUT2D eigenvalue weighted by Crippen LogP contribution is -2.38. The number of amides is 1. The van der Waals surface area contributed by atoms with Gasteiger partial charge in [-0.1, -0.05) is 42.1 Å². The fourth-order valence-corrected chi connectivity index (χ4v) is 5.79. The summed E-state index contributed by atoms with van der Waals surface area (Å²) < 4.78 is 10.5. The highest BCUT2D eigenvalue weighted by Crippen LogP contribution is 2.44. The van der Waals surface area contributed by atoms with Crippen molar-refractivity contribution < 1.29 is 19.1 Å². The van der Waals surface area contributed by atoms with Gasteiger partial charge >= 0.3 is 5.97 Å². The van der Waals surface area contributed by atoms with Crippen LogP contribution in [0.25, 0.3) is 0 Å². The van der Waals surface area contributed by atoms with Crippen molar-refractivity contribution >= 4 is 28.8 Å². The van der Waals surface area contributed by atoms with Gasteiger partial charge in [0.25, 0.3) is 0 Å². The van der Waals surface area contributed by atoms with E-state index in [2.05, 4.69) is 17.3 Å². The number of esters is 1. The van der Waals surface area contributed by atoms with Crippen molar-refractivity contribution in [1.29, 1.82) is 0 Å². The van der Waals surface area contributed by atoms with Crippen molar-refractivity contribution in [2.24, 2.45) is 4.99 Å². The predicted molar refractivity (Wildman–Crippen MR) is 138 cm³/mol. The molecule has 1 saturated heterocycles. The SMILES string of the molecule is COCCOC(=O)C1=C(C)N=C2SC=C(CC(=O)NCCC3CCCN3C)N2C1c1ccccc1. The maximum Gasteiger partial charge on any atom is 0.338 e. The monoisotopic (exact) mass is 498 g/mol. The van der Waals surface area contributed by atoms with E-state index in [0.29, 0.717) is 30.5 Å². The maximum atomic E-state index is 13.1. The molecule has 1 amide bonds. The minimum absolute atomic E-state index is 0.0268. The zero-order chi connectivity index (χ0) is 24.8. The van der Waals surface area contributed by atoms with Gasteiger partial charge in [-0.15, -0.1) is 0 Å². The van der Waals surface area contributed by atoms with E-state index in [1.807, 2.05) is 47.6 Å². The molecule has 0 aliphatic carbocycles. The Labute approximate surface area is 211 Å². The van der Waals surface area contributed by atoms with E-state index in [-0.39, 0.29) is 18.9 Å². The lowest BCUT2D eigenvalue weighted by molar-refractivity contribution is -0.141. The lowest BCUT2D eigenvalue weighted by Gasteiger charge is -2.36. The van der Waals surface area contributed by atoms with Crippen LogP contribution in [0.5, 0.6) is 0 Å². The van der Waals surface area contributed by atoms with Gasteiger partial charge in [-0.2, -0.15) is 0 Å². The number of benzene rings is 1. The van der Waals surface area contributed by atoms with Crippen molar-refractivity contribution in [2.45, 2.75) is 44.7 Å². The van der Waals surface area contributed by atoms with Crippen LogP contribution in [0.2, 0.25) is 0 Å². The Kier molecular flexibility index (Phi) is 8.64. The fraction of sp³-hybridized carbons (Fsp3) is 0.500. The quantitative estimate of drug-likeness (QED) is 0.391. The molecule has 3 aliphatic rings. The molecule has 8 nitrogen and oxygen atoms in total. The number of nitrogens with one attached hydrogen (secondary N) is 1. The van der Waals surface area contributed by atoms with Crippen molar-refractivity contribution in [1.82, 2.24) is 15.1 Å². The zero-order valence-electron chi connectivity index (χ0n) is 20.7. The highest BCUT2D eigenvalue weighted by molar-refractivity contribution is 8.16. The van der Waals surface area contributed by atoms with Crippen LogP contribution in [0.3, 0.4) is 0 Å². The topological polar surface area (TPSA) is 83.5 Å². The average molecular weight is 499 g/mol. The Morgan fingerprint density at radius 3 is 2.74 bits per heavy atom. The Balaban J connectivity index is 1.49. The van der Waals surface area contributed by atoms with Crippen LogP contribution in [-0.2, 0) is 19.1 Å². The Hall–Kier alpha value is -2.62. The third-order valence-corrected chi connectivity index (χ3v) is 7.56. The third kappa shape index (κ3) is 5.97. The zero-order valence-corrected chi connectivity index (χ0v) is 21.5. The van der Waals surface area contributed by atoms with Crippen molar-refractivity contribution in [3.63, 3.8) is 0 Å². The van der Waals surface area contributed by atoms with Crippen LogP contribution in [0, 0.1) is 0 Å². The van der Waals surface area contributed by atoms with Gasteiger partial charge in [-0.05, 0) is 50.8 Å². The number of rotatable bonds is 10. The number of carbonyl (C=O) groups is 2. The molecule has 1 fully saturated rings. The lowest BCUT2D eigenvalue weighted by atomic mass is 9.94. The molecule has 2 unspecified atom stereocenters. The van der Waals surface area contributed by atoms with E-state index in [0.717, 1.165) is 29.4 Å². The number of thioether (sulfide) groups is 1. The molecule has 35 heavy (non-hydrogen) atoms. The normalized spacial score (nSPS) is 22.1. The molecule has 0 spiro atoms. The molecule has 0 radical (unpaired) electrons. The van der Waals surface area contributed by atoms with Crippen molar-refractivity contribution in [3.8, 4) is 0 Å². The van der Waals surface area contributed by atoms with Crippen LogP contribution in [0.1, 0.15) is 44.2 Å². The van der Waals surface area contributed by atoms with Gasteiger partial charge in [-0.25, -0.2) is 9.79 Å². The molecule has 0 aromatic heterocycles. The first-order chi connectivity index (χ1) is 17.0. The minimum Gasteiger partial charge on any atom is -0.460 e. The first-order valence-corrected chi connectivity index (χ1v) is 13.0. The molecular weight excluding hydrogens is 464 g/mol. The minimum atomic E-state index is -0.419. The third-order valence-electron chi connectivity index (χ3n) is 6.67. The summed E-state index contributed by atoms with van der Waals surface area (Å²) in [5.41, 5.74) is 2.87. The van der Waals surface area contributed by atoms with Crippen LogP contribution in [0.4, 0.5) is 0 Å². The number of fused-ring (bicyclic) bond motifs is 1. The number of nitrogens with zero attached hydrogens (tertiary/aromatic N) is 3. The van der Waals surface area contributed by atoms with Crippen molar-refractivity contribution in [3.05, 3.63) is 58.3 Å². The average Bonchev–Trinajstić information content (AvgIpc) is 3.44. The van der Waals surface area contributed by atoms with E-state index in [4.69, 9.17) is 14.5 Å². The summed E-state index contributed by atoms with van der Waals surface area (Å²) in [6.45, 7) is 4.11. The van der Waals surface area contributed by atoms with Gasteiger partial charge in [0.2, 0.25) is 5.91 Å². The first-order valence-electron chi connectivity index (χ1n) is 12.1. The smallest absolute Gasteiger partial charge is 0.338 e. The van der Waals surface area contributed by atoms with Gasteiger partial charge in [0, 0.05) is 25.4 Å². The van der Waals surface area contributed by atoms with Crippen LogP contribution >= 0.6 is 11.8 Å². The number of aliphatic imine (C=N–C) groups is 1. The van der Waals surface area contributed by atoms with E-state index in [1.54, 1.807) is 7.11 Å². The highest BCUT2D eigenvalue weighted by atomic mass is 32.2. The predicted octanol–water partition coefficient (Wildman–Crippen LogP) is 3.44. The summed E-state index contributed by atoms with van der Waals surface area (Å²) >= 11 is 1.48. The van der Waals surface area contributed by atoms with Crippen molar-refractivity contribution in [2.75, 3.05) is 40.5 Å². The molecule has 9 heteroatoms. The molecule has 0 saturated carbocycles. The van der Waals surface area contributed by atoms with Gasteiger partial charge < -0.3 is 24.6 Å². The van der Waals surface area contributed by atoms with Gasteiger partial charge in [0.05, 0.1) is 30.3 Å². The molecule has 1 aromatic carbocycles.